The van der Waals surface area contributed by atoms with E-state index in [0.717, 1.165) is 64.2 Å². The molecule has 2 aliphatic carbocycles. The minimum absolute atomic E-state index is 0.161. The van der Waals surface area contributed by atoms with Crippen LogP contribution in [0.1, 0.15) is 120 Å². The van der Waals surface area contributed by atoms with Crippen molar-refractivity contribution in [1.82, 2.24) is 0 Å². The van der Waals surface area contributed by atoms with E-state index in [1.165, 1.54) is 66.8 Å². The van der Waals surface area contributed by atoms with Crippen molar-refractivity contribution in [2.45, 2.75) is 103 Å². The molecule has 4 aromatic carbocycles. The topological polar surface area (TPSA) is 40.5 Å². The monoisotopic (exact) mass is 729 g/mol. The van der Waals surface area contributed by atoms with E-state index in [2.05, 4.69) is 125 Å². The molecule has 2 N–H and O–H groups in total. The Bertz CT molecular complexity index is 1640. The van der Waals surface area contributed by atoms with Crippen LogP contribution in [0, 0.1) is 0 Å². The van der Waals surface area contributed by atoms with E-state index in [1.54, 1.807) is 0 Å². The van der Waals surface area contributed by atoms with Crippen molar-refractivity contribution in [2.75, 3.05) is 6.61 Å². The summed E-state index contributed by atoms with van der Waals surface area (Å²) in [6, 6.07) is 32.1. The molecule has 2 aliphatic rings. The Balaban J connectivity index is 1.48. The summed E-state index contributed by atoms with van der Waals surface area (Å²) in [5.41, 5.74) is 16.3. The molecular weight excluding hydrogens is 676 g/mol. The van der Waals surface area contributed by atoms with Crippen molar-refractivity contribution in [3.8, 4) is 22.3 Å². The first-order valence-corrected chi connectivity index (χ1v) is 23.3. The maximum absolute atomic E-state index is 12.1. The maximum atomic E-state index is 12.1. The number of hydrogen-bond acceptors (Lipinski definition) is 2. The second-order valence-electron chi connectivity index (χ2n) is 14.2. The van der Waals surface area contributed by atoms with Crippen LogP contribution in [0.3, 0.4) is 0 Å². The van der Waals surface area contributed by atoms with Crippen LogP contribution in [-0.2, 0) is 34.6 Å². The van der Waals surface area contributed by atoms with Crippen molar-refractivity contribution in [3.05, 3.63) is 129 Å². The third-order valence-corrected chi connectivity index (χ3v) is 19.7. The van der Waals surface area contributed by atoms with E-state index in [-0.39, 0.29) is 13.9 Å². The molecule has 255 valence electrons. The molecule has 6 rings (SSSR count). The molecule has 0 saturated heterocycles. The molecule has 4 aromatic rings. The van der Waals surface area contributed by atoms with Crippen molar-refractivity contribution in [3.63, 3.8) is 0 Å². The quantitative estimate of drug-likeness (QED) is 0.120. The number of benzene rings is 4. The third-order valence-electron chi connectivity index (χ3n) is 10.8. The average molecular weight is 731 g/mol. The van der Waals surface area contributed by atoms with E-state index in [0.29, 0.717) is 0 Å². The summed E-state index contributed by atoms with van der Waals surface area (Å²) in [5, 5.41) is 22.9. The van der Waals surface area contributed by atoms with Crippen molar-refractivity contribution in [1.29, 1.82) is 0 Å². The Morgan fingerprint density at radius 2 is 0.980 bits per heavy atom. The molecule has 0 aromatic heterocycles. The summed E-state index contributed by atoms with van der Waals surface area (Å²) in [5.74, 6) is 0. The van der Waals surface area contributed by atoms with Gasteiger partial charge in [0.05, 0.1) is 0 Å². The standard InChI is InChI=1S/2C22H25.C2H5O2.Zr/c2*1-3-5-8-18-15-20-9-6-10-21(22(20)16-18)19-13-11-17(7-4-2)12-14-19;3-1-2-4;/h2*6,9-16H,3-5,7-8H2,1-2H3;1,3-4H,2H2;. The number of aryl methyl sites for hydroxylation is 2. The first-order valence-electron chi connectivity index (χ1n) is 19.0. The number of aliphatic hydroxyl groups is 2. The fourth-order valence-electron chi connectivity index (χ4n) is 8.35. The Morgan fingerprint density at radius 3 is 1.35 bits per heavy atom. The van der Waals surface area contributed by atoms with Gasteiger partial charge in [-0.1, -0.05) is 0 Å². The van der Waals surface area contributed by atoms with Gasteiger partial charge in [0.2, 0.25) is 0 Å². The molecule has 0 saturated carbocycles. The molecule has 0 fully saturated rings. The van der Waals surface area contributed by atoms with Gasteiger partial charge < -0.3 is 0 Å². The average Bonchev–Trinajstić information content (AvgIpc) is 3.69. The number of aliphatic hydroxyl groups excluding tert-OH is 2. The Morgan fingerprint density at radius 1 is 0.551 bits per heavy atom. The predicted octanol–water partition coefficient (Wildman–Crippen LogP) is 11.8. The van der Waals surface area contributed by atoms with Crippen LogP contribution in [0.2, 0.25) is 0 Å². The fraction of sp³-hybridized carbons (Fsp3) is 0.391. The van der Waals surface area contributed by atoms with Crippen LogP contribution in [-0.4, -0.2) is 20.6 Å². The summed E-state index contributed by atoms with van der Waals surface area (Å²) >= 11 is -3.05. The molecule has 0 radical (unpaired) electrons. The van der Waals surface area contributed by atoms with E-state index in [1.807, 2.05) is 0 Å². The van der Waals surface area contributed by atoms with E-state index in [9.17, 15) is 10.2 Å². The van der Waals surface area contributed by atoms with Crippen LogP contribution in [0.15, 0.2) is 96.1 Å². The van der Waals surface area contributed by atoms with Gasteiger partial charge in [-0.3, -0.25) is 0 Å². The van der Waals surface area contributed by atoms with Crippen LogP contribution < -0.4 is 0 Å². The number of rotatable bonds is 16. The molecular formula is C46H55O2Zr. The number of unbranched alkanes of at least 4 members (excludes halogenated alkanes) is 2. The molecule has 3 heteroatoms. The Labute approximate surface area is 303 Å². The zero-order valence-corrected chi connectivity index (χ0v) is 32.6. The summed E-state index contributed by atoms with van der Waals surface area (Å²) in [6.07, 6.45) is 16.2. The van der Waals surface area contributed by atoms with E-state index < -0.39 is 25.6 Å². The van der Waals surface area contributed by atoms with Gasteiger partial charge in [0, 0.05) is 0 Å². The molecule has 2 nitrogen and oxygen atoms in total. The van der Waals surface area contributed by atoms with E-state index in [4.69, 9.17) is 0 Å². The second kappa shape index (κ2) is 16.9. The van der Waals surface area contributed by atoms with Gasteiger partial charge in [-0.15, -0.1) is 0 Å². The zero-order chi connectivity index (χ0) is 34.3. The first-order chi connectivity index (χ1) is 24.0. The van der Waals surface area contributed by atoms with Crippen LogP contribution in [0.25, 0.3) is 34.4 Å². The van der Waals surface area contributed by atoms with Gasteiger partial charge in [0.15, 0.2) is 0 Å². The SMILES string of the molecule is CCCCC1=Cc2c(-c3ccc(CCC)cc3)cccc2[CH]1[Zr]([CH](O)CO)[CH]1C(CCCC)=Cc2c(-c3ccc(CCC)cc3)cccc21. The van der Waals surface area contributed by atoms with Crippen molar-refractivity contribution < 1.29 is 32.0 Å². The molecule has 0 bridgehead atoms. The fourth-order valence-corrected chi connectivity index (χ4v) is 17.8. The van der Waals surface area contributed by atoms with E-state index >= 15 is 0 Å². The van der Waals surface area contributed by atoms with Crippen molar-refractivity contribution >= 4 is 12.2 Å². The van der Waals surface area contributed by atoms with Crippen LogP contribution >= 0.6 is 0 Å². The zero-order valence-electron chi connectivity index (χ0n) is 30.1. The number of fused-ring (bicyclic) bond motifs is 2. The van der Waals surface area contributed by atoms with Crippen molar-refractivity contribution in [2.24, 2.45) is 0 Å². The summed E-state index contributed by atoms with van der Waals surface area (Å²) in [4.78, 5) is 0. The van der Waals surface area contributed by atoms with Gasteiger partial charge in [-0.2, -0.15) is 0 Å². The Kier molecular flexibility index (Phi) is 12.4. The van der Waals surface area contributed by atoms with Gasteiger partial charge in [-0.05, 0) is 0 Å². The van der Waals surface area contributed by atoms with Crippen LogP contribution in [0.4, 0.5) is 0 Å². The van der Waals surface area contributed by atoms with Gasteiger partial charge in [0.25, 0.3) is 0 Å². The van der Waals surface area contributed by atoms with Crippen LogP contribution in [0.5, 0.6) is 0 Å². The van der Waals surface area contributed by atoms with Gasteiger partial charge >= 0.3 is 305 Å². The van der Waals surface area contributed by atoms with Gasteiger partial charge in [-0.25, -0.2) is 0 Å². The predicted molar refractivity (Wildman–Crippen MR) is 205 cm³/mol. The second-order valence-corrected chi connectivity index (χ2v) is 21.2. The molecule has 0 spiro atoms. The first kappa shape index (κ1) is 36.0. The normalized spacial score (nSPS) is 17.0. The molecule has 3 atom stereocenters. The number of hydrogen-bond donors (Lipinski definition) is 2. The Hall–Kier alpha value is -2.84. The van der Waals surface area contributed by atoms with Gasteiger partial charge in [0.1, 0.15) is 0 Å². The third kappa shape index (κ3) is 7.61. The molecule has 0 heterocycles. The minimum atomic E-state index is -3.05. The number of allylic oxidation sites excluding steroid dienone is 2. The molecule has 0 aliphatic heterocycles. The molecule has 49 heavy (non-hydrogen) atoms. The molecule has 3 unspecified atom stereocenters. The summed E-state index contributed by atoms with van der Waals surface area (Å²) in [6.45, 7) is 8.86. The summed E-state index contributed by atoms with van der Waals surface area (Å²) < 4.78 is -0.204. The molecule has 0 amide bonds. The summed E-state index contributed by atoms with van der Waals surface area (Å²) in [7, 11) is 0.